The summed E-state index contributed by atoms with van der Waals surface area (Å²) in [5.41, 5.74) is 0. The molecular formula is C15H28N2O4S. The lowest BCUT2D eigenvalue weighted by atomic mass is 9.87. The molecule has 2 heterocycles. The molecule has 0 saturated carbocycles. The SMILES string of the molecule is COCCN1C[C@@H]2[C@@H](C(=O)NCC(C)C)CCS(=O)(=O)[C@@H]2C1. The van der Waals surface area contributed by atoms with Gasteiger partial charge < -0.3 is 10.1 Å². The molecule has 0 aliphatic carbocycles. The summed E-state index contributed by atoms with van der Waals surface area (Å²) in [6.07, 6.45) is 0.450. The number of hydrogen-bond donors (Lipinski definition) is 1. The molecule has 0 bridgehead atoms. The highest BCUT2D eigenvalue weighted by Crippen LogP contribution is 2.36. The van der Waals surface area contributed by atoms with Crippen LogP contribution in [0.5, 0.6) is 0 Å². The van der Waals surface area contributed by atoms with E-state index >= 15 is 0 Å². The number of hydrogen-bond acceptors (Lipinski definition) is 5. The fraction of sp³-hybridized carbons (Fsp3) is 0.933. The van der Waals surface area contributed by atoms with Crippen LogP contribution in [0.2, 0.25) is 0 Å². The first kappa shape index (κ1) is 17.7. The first-order chi connectivity index (χ1) is 10.3. The highest BCUT2D eigenvalue weighted by molar-refractivity contribution is 7.92. The summed E-state index contributed by atoms with van der Waals surface area (Å²) in [5.74, 6) is 0.287. The summed E-state index contributed by atoms with van der Waals surface area (Å²) in [5, 5.41) is 2.58. The largest absolute Gasteiger partial charge is 0.383 e. The number of methoxy groups -OCH3 is 1. The summed E-state index contributed by atoms with van der Waals surface area (Å²) in [4.78, 5) is 14.5. The fourth-order valence-electron chi connectivity index (χ4n) is 3.47. The maximum atomic E-state index is 12.4. The number of likely N-dealkylation sites (tertiary alicyclic amines) is 1. The van der Waals surface area contributed by atoms with Crippen molar-refractivity contribution in [3.63, 3.8) is 0 Å². The number of nitrogens with one attached hydrogen (secondary N) is 1. The smallest absolute Gasteiger partial charge is 0.223 e. The molecule has 2 saturated heterocycles. The van der Waals surface area contributed by atoms with Crippen LogP contribution >= 0.6 is 0 Å². The third-order valence-electron chi connectivity index (χ3n) is 4.71. The van der Waals surface area contributed by atoms with Crippen LogP contribution in [-0.4, -0.2) is 70.1 Å². The van der Waals surface area contributed by atoms with Crippen LogP contribution in [0.1, 0.15) is 20.3 Å². The average Bonchev–Trinajstić information content (AvgIpc) is 2.88. The number of carbonyl (C=O) groups excluding carboxylic acids is 1. The molecule has 7 heteroatoms. The molecule has 2 aliphatic heterocycles. The second-order valence-electron chi connectivity index (χ2n) is 6.86. The molecule has 0 aromatic carbocycles. The van der Waals surface area contributed by atoms with Crippen LogP contribution in [-0.2, 0) is 19.4 Å². The summed E-state index contributed by atoms with van der Waals surface area (Å²) in [7, 11) is -1.44. The third-order valence-corrected chi connectivity index (χ3v) is 6.94. The van der Waals surface area contributed by atoms with Crippen molar-refractivity contribution in [2.75, 3.05) is 45.6 Å². The van der Waals surface area contributed by atoms with E-state index in [9.17, 15) is 13.2 Å². The Kier molecular flexibility index (Phi) is 5.85. The van der Waals surface area contributed by atoms with Crippen molar-refractivity contribution in [1.29, 1.82) is 0 Å². The van der Waals surface area contributed by atoms with E-state index in [0.717, 1.165) is 6.54 Å². The van der Waals surface area contributed by atoms with Gasteiger partial charge in [0.15, 0.2) is 9.84 Å². The van der Waals surface area contributed by atoms with Gasteiger partial charge in [0.05, 0.1) is 17.6 Å². The second-order valence-corrected chi connectivity index (χ2v) is 9.20. The van der Waals surface area contributed by atoms with Gasteiger partial charge in [-0.1, -0.05) is 13.8 Å². The number of nitrogens with zero attached hydrogens (tertiary/aromatic N) is 1. The minimum atomic E-state index is -3.08. The molecular weight excluding hydrogens is 304 g/mol. The molecule has 22 heavy (non-hydrogen) atoms. The van der Waals surface area contributed by atoms with Crippen molar-refractivity contribution < 1.29 is 17.9 Å². The lowest BCUT2D eigenvalue weighted by molar-refractivity contribution is -0.126. The van der Waals surface area contributed by atoms with Crippen molar-refractivity contribution in [3.05, 3.63) is 0 Å². The van der Waals surface area contributed by atoms with Gasteiger partial charge in [-0.05, 0) is 12.3 Å². The van der Waals surface area contributed by atoms with Crippen LogP contribution in [0.4, 0.5) is 0 Å². The standard InChI is InChI=1S/C15H28N2O4S/c1-11(2)8-16-15(18)12-4-7-22(19,20)14-10-17(5-6-21-3)9-13(12)14/h11-14H,4-10H2,1-3H3,(H,16,18)/t12-,13+,14+/m0/s1. The molecule has 6 nitrogen and oxygen atoms in total. The Labute approximate surface area is 133 Å². The van der Waals surface area contributed by atoms with E-state index in [2.05, 4.69) is 24.1 Å². The lowest BCUT2D eigenvalue weighted by Crippen LogP contribution is -2.47. The van der Waals surface area contributed by atoms with Crippen LogP contribution in [0.3, 0.4) is 0 Å². The Morgan fingerprint density at radius 1 is 1.36 bits per heavy atom. The van der Waals surface area contributed by atoms with Crippen molar-refractivity contribution in [3.8, 4) is 0 Å². The molecule has 2 fully saturated rings. The highest BCUT2D eigenvalue weighted by Gasteiger charge is 2.50. The maximum absolute atomic E-state index is 12.4. The van der Waals surface area contributed by atoms with Gasteiger partial charge in [-0.2, -0.15) is 0 Å². The summed E-state index contributed by atoms with van der Waals surface area (Å²) < 4.78 is 29.7. The molecule has 2 rings (SSSR count). The first-order valence-corrected chi connectivity index (χ1v) is 9.77. The topological polar surface area (TPSA) is 75.7 Å². The van der Waals surface area contributed by atoms with Crippen molar-refractivity contribution in [2.45, 2.75) is 25.5 Å². The Hall–Kier alpha value is -0.660. The third kappa shape index (κ3) is 4.00. The van der Waals surface area contributed by atoms with Crippen LogP contribution in [0.15, 0.2) is 0 Å². The van der Waals surface area contributed by atoms with E-state index in [1.54, 1.807) is 7.11 Å². The summed E-state index contributed by atoms with van der Waals surface area (Å²) in [6, 6.07) is 0. The number of amides is 1. The zero-order valence-electron chi connectivity index (χ0n) is 13.7. The molecule has 3 atom stereocenters. The van der Waals surface area contributed by atoms with Crippen LogP contribution in [0, 0.1) is 17.8 Å². The quantitative estimate of drug-likeness (QED) is 0.749. The molecule has 0 spiro atoms. The van der Waals surface area contributed by atoms with E-state index in [0.29, 0.717) is 38.6 Å². The van der Waals surface area contributed by atoms with Crippen molar-refractivity contribution in [1.82, 2.24) is 10.2 Å². The average molecular weight is 332 g/mol. The van der Waals surface area contributed by atoms with E-state index in [4.69, 9.17) is 4.74 Å². The molecule has 0 radical (unpaired) electrons. The van der Waals surface area contributed by atoms with Gasteiger partial charge in [-0.15, -0.1) is 0 Å². The molecule has 128 valence electrons. The lowest BCUT2D eigenvalue weighted by Gasteiger charge is -2.32. The Bertz CT molecular complexity index is 492. The van der Waals surface area contributed by atoms with Gasteiger partial charge in [-0.3, -0.25) is 9.69 Å². The Balaban J connectivity index is 2.06. The van der Waals surface area contributed by atoms with E-state index in [-0.39, 0.29) is 23.5 Å². The van der Waals surface area contributed by atoms with Gasteiger partial charge in [0, 0.05) is 45.1 Å². The van der Waals surface area contributed by atoms with Gasteiger partial charge in [0.1, 0.15) is 0 Å². The molecule has 1 N–H and O–H groups in total. The minimum absolute atomic E-state index is 0.0205. The van der Waals surface area contributed by atoms with Gasteiger partial charge >= 0.3 is 0 Å². The number of ether oxygens (including phenoxy) is 1. The predicted molar refractivity (Wildman–Crippen MR) is 85.3 cm³/mol. The number of carbonyl (C=O) groups is 1. The molecule has 0 aromatic rings. The van der Waals surface area contributed by atoms with E-state index in [1.807, 2.05) is 0 Å². The monoisotopic (exact) mass is 332 g/mol. The molecule has 0 unspecified atom stereocenters. The number of sulfone groups is 1. The van der Waals surface area contributed by atoms with Crippen LogP contribution in [0.25, 0.3) is 0 Å². The van der Waals surface area contributed by atoms with Crippen LogP contribution < -0.4 is 5.32 Å². The van der Waals surface area contributed by atoms with E-state index in [1.165, 1.54) is 0 Å². The normalized spacial score (nSPS) is 31.2. The minimum Gasteiger partial charge on any atom is -0.383 e. The van der Waals surface area contributed by atoms with Crippen molar-refractivity contribution in [2.24, 2.45) is 17.8 Å². The van der Waals surface area contributed by atoms with E-state index < -0.39 is 15.1 Å². The maximum Gasteiger partial charge on any atom is 0.223 e. The number of rotatable bonds is 6. The summed E-state index contributed by atoms with van der Waals surface area (Å²) >= 11 is 0. The Morgan fingerprint density at radius 3 is 2.73 bits per heavy atom. The molecule has 0 aromatic heterocycles. The zero-order chi connectivity index (χ0) is 16.3. The summed E-state index contributed by atoms with van der Waals surface area (Å²) in [6.45, 7) is 7.26. The van der Waals surface area contributed by atoms with Crippen molar-refractivity contribution >= 4 is 15.7 Å². The van der Waals surface area contributed by atoms with Gasteiger partial charge in [-0.25, -0.2) is 8.42 Å². The first-order valence-electron chi connectivity index (χ1n) is 8.05. The molecule has 2 aliphatic rings. The zero-order valence-corrected chi connectivity index (χ0v) is 14.6. The van der Waals surface area contributed by atoms with Gasteiger partial charge in [0.25, 0.3) is 0 Å². The van der Waals surface area contributed by atoms with Gasteiger partial charge in [0.2, 0.25) is 5.91 Å². The second kappa shape index (κ2) is 7.27. The predicted octanol–water partition coefficient (Wildman–Crippen LogP) is 0.140. The molecule has 1 amide bonds. The number of fused-ring (bicyclic) bond motifs is 1. The fourth-order valence-corrected chi connectivity index (χ4v) is 5.60. The Morgan fingerprint density at radius 2 is 2.09 bits per heavy atom. The highest BCUT2D eigenvalue weighted by atomic mass is 32.2.